The van der Waals surface area contributed by atoms with Gasteiger partial charge in [0.15, 0.2) is 0 Å². The van der Waals surface area contributed by atoms with E-state index in [9.17, 15) is 4.79 Å². The second-order valence-corrected chi connectivity index (χ2v) is 6.02. The molecular formula is C15H22BNO4. The number of carbonyl (C=O) groups excluding carboxylic acids is 1. The number of hydrogen-bond acceptors (Lipinski definition) is 4. The van der Waals surface area contributed by atoms with Crippen LogP contribution in [0.2, 0.25) is 0 Å². The number of rotatable bonds is 3. The van der Waals surface area contributed by atoms with Gasteiger partial charge in [-0.05, 0) is 40.7 Å². The van der Waals surface area contributed by atoms with E-state index in [1.165, 1.54) is 0 Å². The van der Waals surface area contributed by atoms with Crippen molar-refractivity contribution in [2.75, 3.05) is 11.9 Å². The van der Waals surface area contributed by atoms with E-state index in [0.29, 0.717) is 12.3 Å². The first-order valence-corrected chi connectivity index (χ1v) is 7.15. The van der Waals surface area contributed by atoms with Crippen molar-refractivity contribution in [2.24, 2.45) is 0 Å². The number of carbonyl (C=O) groups is 1. The van der Waals surface area contributed by atoms with E-state index in [4.69, 9.17) is 14.0 Å². The van der Waals surface area contributed by atoms with Crippen LogP contribution in [-0.2, 0) is 14.0 Å². The lowest BCUT2D eigenvalue weighted by Gasteiger charge is -2.32. The van der Waals surface area contributed by atoms with E-state index in [1.807, 2.05) is 45.9 Å². The van der Waals surface area contributed by atoms with Gasteiger partial charge in [0.25, 0.3) is 0 Å². The summed E-state index contributed by atoms with van der Waals surface area (Å²) in [6, 6.07) is 7.41. The van der Waals surface area contributed by atoms with Gasteiger partial charge in [-0.1, -0.05) is 18.2 Å². The molecule has 0 bridgehead atoms. The Morgan fingerprint density at radius 1 is 1.19 bits per heavy atom. The molecule has 21 heavy (non-hydrogen) atoms. The highest BCUT2D eigenvalue weighted by Gasteiger charge is 2.52. The van der Waals surface area contributed by atoms with Gasteiger partial charge in [0.1, 0.15) is 0 Å². The Morgan fingerprint density at radius 2 is 1.76 bits per heavy atom. The van der Waals surface area contributed by atoms with E-state index in [1.54, 1.807) is 13.0 Å². The maximum atomic E-state index is 11.6. The predicted octanol–water partition coefficient (Wildman–Crippen LogP) is 2.55. The van der Waals surface area contributed by atoms with Crippen molar-refractivity contribution in [3.05, 3.63) is 24.3 Å². The smallest absolute Gasteiger partial charge is 0.450 e. The summed E-state index contributed by atoms with van der Waals surface area (Å²) < 4.78 is 16.9. The zero-order valence-electron chi connectivity index (χ0n) is 13.2. The highest BCUT2D eigenvalue weighted by Crippen LogP contribution is 2.36. The van der Waals surface area contributed by atoms with Gasteiger partial charge in [-0.2, -0.15) is 0 Å². The topological polar surface area (TPSA) is 56.8 Å². The Kier molecular flexibility index (Phi) is 4.30. The Labute approximate surface area is 126 Å². The van der Waals surface area contributed by atoms with Crippen molar-refractivity contribution in [3.8, 4) is 0 Å². The highest BCUT2D eigenvalue weighted by molar-refractivity contribution is 6.64. The molecule has 0 saturated carbocycles. The fourth-order valence-corrected chi connectivity index (χ4v) is 2.06. The average Bonchev–Trinajstić information content (AvgIpc) is 2.59. The molecule has 1 amide bonds. The SMILES string of the molecule is CCOC(=O)Nc1ccccc1B1OC(C)(C)C(C)(C)O1. The van der Waals surface area contributed by atoms with Crippen LogP contribution in [0.25, 0.3) is 0 Å². The molecule has 1 aromatic rings. The molecule has 0 radical (unpaired) electrons. The molecule has 1 fully saturated rings. The summed E-state index contributed by atoms with van der Waals surface area (Å²) in [4.78, 5) is 11.6. The van der Waals surface area contributed by atoms with Gasteiger partial charge in [0.2, 0.25) is 0 Å². The van der Waals surface area contributed by atoms with Crippen LogP contribution in [0.3, 0.4) is 0 Å². The molecule has 5 nitrogen and oxygen atoms in total. The summed E-state index contributed by atoms with van der Waals surface area (Å²) in [7, 11) is -0.520. The first-order chi connectivity index (χ1) is 9.77. The summed E-state index contributed by atoms with van der Waals surface area (Å²) in [5.74, 6) is 0. The molecular weight excluding hydrogens is 269 g/mol. The Bertz CT molecular complexity index is 514. The van der Waals surface area contributed by atoms with Gasteiger partial charge in [-0.15, -0.1) is 0 Å². The number of hydrogen-bond donors (Lipinski definition) is 1. The Hall–Kier alpha value is -1.53. The van der Waals surface area contributed by atoms with E-state index in [-0.39, 0.29) is 0 Å². The second kappa shape index (κ2) is 5.69. The summed E-state index contributed by atoms with van der Waals surface area (Å²) in [5, 5.41) is 2.72. The van der Waals surface area contributed by atoms with Gasteiger partial charge in [-0.3, -0.25) is 5.32 Å². The molecule has 6 heteroatoms. The summed E-state index contributed by atoms with van der Waals surface area (Å²) in [6.07, 6.45) is -0.485. The fraction of sp³-hybridized carbons (Fsp3) is 0.533. The first-order valence-electron chi connectivity index (χ1n) is 7.15. The minimum atomic E-state index is -0.520. The Morgan fingerprint density at radius 3 is 2.33 bits per heavy atom. The molecule has 1 aromatic carbocycles. The lowest BCUT2D eigenvalue weighted by molar-refractivity contribution is 0.00578. The van der Waals surface area contributed by atoms with E-state index in [0.717, 1.165) is 5.46 Å². The molecule has 0 atom stereocenters. The zero-order chi connectivity index (χ0) is 15.7. The van der Waals surface area contributed by atoms with Gasteiger partial charge in [0, 0.05) is 11.2 Å². The summed E-state index contributed by atoms with van der Waals surface area (Å²) in [5.41, 5.74) is 0.572. The monoisotopic (exact) mass is 291 g/mol. The van der Waals surface area contributed by atoms with Gasteiger partial charge < -0.3 is 14.0 Å². The Balaban J connectivity index is 2.24. The number of para-hydroxylation sites is 1. The van der Waals surface area contributed by atoms with Gasteiger partial charge in [0.05, 0.1) is 17.8 Å². The number of ether oxygens (including phenoxy) is 1. The van der Waals surface area contributed by atoms with Gasteiger partial charge in [-0.25, -0.2) is 4.79 Å². The van der Waals surface area contributed by atoms with Crippen LogP contribution in [0, 0.1) is 0 Å². The normalized spacial score (nSPS) is 19.4. The zero-order valence-corrected chi connectivity index (χ0v) is 13.2. The third-order valence-corrected chi connectivity index (χ3v) is 3.98. The van der Waals surface area contributed by atoms with E-state index < -0.39 is 24.4 Å². The van der Waals surface area contributed by atoms with Crippen LogP contribution >= 0.6 is 0 Å². The molecule has 114 valence electrons. The molecule has 0 aliphatic carbocycles. The van der Waals surface area contributed by atoms with E-state index >= 15 is 0 Å². The van der Waals surface area contributed by atoms with Crippen LogP contribution in [0.4, 0.5) is 10.5 Å². The number of amides is 1. The molecule has 1 N–H and O–H groups in total. The summed E-state index contributed by atoms with van der Waals surface area (Å²) >= 11 is 0. The molecule has 2 rings (SSSR count). The molecule has 0 spiro atoms. The predicted molar refractivity (Wildman–Crippen MR) is 82.8 cm³/mol. The highest BCUT2D eigenvalue weighted by atomic mass is 16.7. The first kappa shape index (κ1) is 15.9. The minimum absolute atomic E-state index is 0.324. The van der Waals surface area contributed by atoms with Crippen molar-refractivity contribution in [1.82, 2.24) is 0 Å². The molecule has 1 saturated heterocycles. The van der Waals surface area contributed by atoms with Crippen molar-refractivity contribution < 1.29 is 18.8 Å². The van der Waals surface area contributed by atoms with Crippen LogP contribution in [-0.4, -0.2) is 31.0 Å². The number of anilines is 1. The minimum Gasteiger partial charge on any atom is -0.450 e. The molecule has 0 unspecified atom stereocenters. The van der Waals surface area contributed by atoms with Crippen molar-refractivity contribution >= 4 is 24.4 Å². The number of nitrogens with one attached hydrogen (secondary N) is 1. The molecule has 1 aliphatic heterocycles. The lowest BCUT2D eigenvalue weighted by Crippen LogP contribution is -2.41. The van der Waals surface area contributed by atoms with Gasteiger partial charge >= 0.3 is 13.2 Å². The lowest BCUT2D eigenvalue weighted by atomic mass is 9.78. The largest absolute Gasteiger partial charge is 0.496 e. The van der Waals surface area contributed by atoms with Crippen LogP contribution < -0.4 is 10.8 Å². The fourth-order valence-electron chi connectivity index (χ4n) is 2.06. The van der Waals surface area contributed by atoms with E-state index in [2.05, 4.69) is 5.32 Å². The second-order valence-electron chi connectivity index (χ2n) is 6.02. The molecule has 1 heterocycles. The maximum Gasteiger partial charge on any atom is 0.496 e. The van der Waals surface area contributed by atoms with Crippen molar-refractivity contribution in [2.45, 2.75) is 45.8 Å². The van der Waals surface area contributed by atoms with Crippen molar-refractivity contribution in [1.29, 1.82) is 0 Å². The molecule has 0 aromatic heterocycles. The van der Waals surface area contributed by atoms with Crippen molar-refractivity contribution in [3.63, 3.8) is 0 Å². The van der Waals surface area contributed by atoms with Crippen LogP contribution in [0.1, 0.15) is 34.6 Å². The van der Waals surface area contributed by atoms with Crippen LogP contribution in [0.5, 0.6) is 0 Å². The maximum absolute atomic E-state index is 11.6. The standard InChI is InChI=1S/C15H22BNO4/c1-6-19-13(18)17-12-10-8-7-9-11(12)16-20-14(2,3)15(4,5)21-16/h7-10H,6H2,1-5H3,(H,17,18). The quantitative estimate of drug-likeness (QED) is 0.870. The number of benzene rings is 1. The average molecular weight is 291 g/mol. The summed E-state index contributed by atoms with van der Waals surface area (Å²) in [6.45, 7) is 10.1. The van der Waals surface area contributed by atoms with Crippen LogP contribution in [0.15, 0.2) is 24.3 Å². The molecule has 1 aliphatic rings. The third-order valence-electron chi connectivity index (χ3n) is 3.98. The third kappa shape index (κ3) is 3.22.